The molecule has 0 spiro atoms. The zero-order valence-corrected chi connectivity index (χ0v) is 14.7. The van der Waals surface area contributed by atoms with Crippen molar-refractivity contribution >= 4 is 17.2 Å². The van der Waals surface area contributed by atoms with Gasteiger partial charge in [0.15, 0.2) is 5.82 Å². The number of thiophene rings is 1. The number of hydrogen-bond donors (Lipinski definition) is 0. The highest BCUT2D eigenvalue weighted by atomic mass is 32.1. The van der Waals surface area contributed by atoms with E-state index >= 15 is 0 Å². The molecule has 2 heterocycles. The molecule has 0 aliphatic carbocycles. The summed E-state index contributed by atoms with van der Waals surface area (Å²) in [6.45, 7) is 0.235. The van der Waals surface area contributed by atoms with Gasteiger partial charge in [0.1, 0.15) is 12.3 Å². The van der Waals surface area contributed by atoms with E-state index in [1.54, 1.807) is 14.2 Å². The number of amides is 1. The van der Waals surface area contributed by atoms with Crippen molar-refractivity contribution in [3.8, 4) is 16.5 Å². The second-order valence-corrected chi connectivity index (χ2v) is 6.34. The van der Waals surface area contributed by atoms with E-state index < -0.39 is 5.76 Å². The first kappa shape index (κ1) is 17.0. The Hall–Kier alpha value is -2.87. The van der Waals surface area contributed by atoms with E-state index in [0.717, 1.165) is 10.4 Å². The summed E-state index contributed by atoms with van der Waals surface area (Å²) in [6, 6.07) is 11.2. The van der Waals surface area contributed by atoms with Gasteiger partial charge in [0.25, 0.3) is 0 Å². The number of para-hydroxylation sites is 1. The average Bonchev–Trinajstić information content (AvgIpc) is 3.26. The topological polar surface area (TPSA) is 77.6 Å². The first-order chi connectivity index (χ1) is 12.1. The number of carbonyl (C=O) groups is 1. The molecule has 0 aliphatic heterocycles. The molecule has 7 nitrogen and oxygen atoms in total. The van der Waals surface area contributed by atoms with Gasteiger partial charge in [0, 0.05) is 19.2 Å². The number of hydrogen-bond acceptors (Lipinski definition) is 6. The molecule has 3 rings (SSSR count). The number of ether oxygens (including phenoxy) is 1. The van der Waals surface area contributed by atoms with Crippen LogP contribution in [-0.4, -0.2) is 34.7 Å². The highest BCUT2D eigenvalue weighted by Gasteiger charge is 2.19. The molecular weight excluding hydrogens is 342 g/mol. The van der Waals surface area contributed by atoms with E-state index in [1.165, 1.54) is 20.8 Å². The summed E-state index contributed by atoms with van der Waals surface area (Å²) in [5, 5.41) is 5.65. The highest BCUT2D eigenvalue weighted by molar-refractivity contribution is 7.13. The van der Waals surface area contributed by atoms with Crippen molar-refractivity contribution in [1.82, 2.24) is 14.6 Å². The van der Waals surface area contributed by atoms with Crippen molar-refractivity contribution in [1.29, 1.82) is 0 Å². The molecule has 0 atom stereocenters. The maximum atomic E-state index is 12.5. The van der Waals surface area contributed by atoms with E-state index in [9.17, 15) is 9.59 Å². The van der Waals surface area contributed by atoms with Crippen molar-refractivity contribution in [2.75, 3.05) is 14.2 Å². The smallest absolute Gasteiger partial charge is 0.442 e. The molecule has 3 aromatic rings. The van der Waals surface area contributed by atoms with Crippen molar-refractivity contribution in [2.45, 2.75) is 13.1 Å². The predicted octanol–water partition coefficient (Wildman–Crippen LogP) is 2.23. The van der Waals surface area contributed by atoms with Gasteiger partial charge < -0.3 is 9.64 Å². The minimum atomic E-state index is -0.651. The lowest BCUT2D eigenvalue weighted by molar-refractivity contribution is -0.131. The number of benzene rings is 1. The minimum Gasteiger partial charge on any atom is -0.496 e. The maximum absolute atomic E-state index is 12.5. The van der Waals surface area contributed by atoms with Crippen molar-refractivity contribution in [3.05, 3.63) is 57.9 Å². The summed E-state index contributed by atoms with van der Waals surface area (Å²) in [5.74, 6) is 0.194. The lowest BCUT2D eigenvalue weighted by Crippen LogP contribution is -2.32. The van der Waals surface area contributed by atoms with Crippen molar-refractivity contribution in [2.24, 2.45) is 0 Å². The van der Waals surface area contributed by atoms with Crippen LogP contribution in [-0.2, 0) is 17.9 Å². The van der Waals surface area contributed by atoms with Gasteiger partial charge in [-0.15, -0.1) is 11.3 Å². The Kier molecular flexibility index (Phi) is 4.99. The quantitative estimate of drug-likeness (QED) is 0.674. The van der Waals surface area contributed by atoms with E-state index in [4.69, 9.17) is 9.26 Å². The van der Waals surface area contributed by atoms with E-state index in [0.29, 0.717) is 18.1 Å². The Labute approximate surface area is 148 Å². The summed E-state index contributed by atoms with van der Waals surface area (Å²) in [7, 11) is 3.27. The predicted molar refractivity (Wildman–Crippen MR) is 93.5 cm³/mol. The van der Waals surface area contributed by atoms with Crippen molar-refractivity contribution in [3.63, 3.8) is 0 Å². The molecule has 2 aromatic heterocycles. The normalized spacial score (nSPS) is 10.6. The molecule has 0 radical (unpaired) electrons. The van der Waals surface area contributed by atoms with E-state index in [-0.39, 0.29) is 12.5 Å². The van der Waals surface area contributed by atoms with Crippen LogP contribution in [0.4, 0.5) is 0 Å². The monoisotopic (exact) mass is 359 g/mol. The van der Waals surface area contributed by atoms with Gasteiger partial charge in [-0.05, 0) is 17.5 Å². The standard InChI is InChI=1S/C17H17N3O4S/c1-19(10-12-6-3-4-7-13(12)23-2)15(21)11-20-16(18-24-17(20)22)14-8-5-9-25-14/h3-9H,10-11H2,1-2H3. The zero-order valence-electron chi connectivity index (χ0n) is 13.8. The number of aromatic nitrogens is 2. The van der Waals surface area contributed by atoms with Crippen molar-refractivity contribution < 1.29 is 14.1 Å². The van der Waals surface area contributed by atoms with Crippen LogP contribution < -0.4 is 10.5 Å². The van der Waals surface area contributed by atoms with Crippen LogP contribution in [0.25, 0.3) is 10.7 Å². The van der Waals surface area contributed by atoms with Gasteiger partial charge in [-0.2, -0.15) is 0 Å². The lowest BCUT2D eigenvalue weighted by Gasteiger charge is -2.19. The summed E-state index contributed by atoms with van der Waals surface area (Å²) in [6.07, 6.45) is 0. The Bertz CT molecular complexity index is 914. The van der Waals surface area contributed by atoms with Crippen LogP contribution >= 0.6 is 11.3 Å². The summed E-state index contributed by atoms with van der Waals surface area (Å²) >= 11 is 1.42. The van der Waals surface area contributed by atoms with E-state index in [1.807, 2.05) is 41.8 Å². The molecule has 0 aliphatic rings. The molecule has 0 fully saturated rings. The van der Waals surface area contributed by atoms with Gasteiger partial charge in [0.2, 0.25) is 5.91 Å². The highest BCUT2D eigenvalue weighted by Crippen LogP contribution is 2.22. The Morgan fingerprint density at radius 3 is 2.84 bits per heavy atom. The number of carbonyl (C=O) groups excluding carboxylic acids is 1. The molecule has 0 saturated carbocycles. The Balaban J connectivity index is 1.77. The molecule has 0 unspecified atom stereocenters. The van der Waals surface area contributed by atoms with Crippen LogP contribution in [0.15, 0.2) is 51.1 Å². The van der Waals surface area contributed by atoms with Gasteiger partial charge in [-0.1, -0.05) is 29.4 Å². The molecular formula is C17H17N3O4S. The Morgan fingerprint density at radius 2 is 2.12 bits per heavy atom. The minimum absolute atomic E-state index is 0.138. The van der Waals surface area contributed by atoms with Crippen LogP contribution in [0.3, 0.4) is 0 Å². The summed E-state index contributed by atoms with van der Waals surface area (Å²) in [4.78, 5) is 26.8. The van der Waals surface area contributed by atoms with Crippen LogP contribution in [0, 0.1) is 0 Å². The van der Waals surface area contributed by atoms with E-state index in [2.05, 4.69) is 5.16 Å². The largest absolute Gasteiger partial charge is 0.496 e. The fourth-order valence-electron chi connectivity index (χ4n) is 2.42. The summed E-state index contributed by atoms with van der Waals surface area (Å²) in [5.41, 5.74) is 0.886. The fraction of sp³-hybridized carbons (Fsp3) is 0.235. The molecule has 0 bridgehead atoms. The summed E-state index contributed by atoms with van der Waals surface area (Å²) < 4.78 is 11.3. The third kappa shape index (κ3) is 3.63. The third-order valence-electron chi connectivity index (χ3n) is 3.75. The zero-order chi connectivity index (χ0) is 17.8. The van der Waals surface area contributed by atoms with Gasteiger partial charge in [-0.3, -0.25) is 9.32 Å². The first-order valence-corrected chi connectivity index (χ1v) is 8.44. The van der Waals surface area contributed by atoms with Gasteiger partial charge in [-0.25, -0.2) is 9.36 Å². The van der Waals surface area contributed by atoms with Gasteiger partial charge in [0.05, 0.1) is 12.0 Å². The van der Waals surface area contributed by atoms with Crippen LogP contribution in [0.1, 0.15) is 5.56 Å². The lowest BCUT2D eigenvalue weighted by atomic mass is 10.2. The molecule has 25 heavy (non-hydrogen) atoms. The SMILES string of the molecule is COc1ccccc1CN(C)C(=O)Cn1c(-c2cccs2)noc1=O. The second-order valence-electron chi connectivity index (χ2n) is 5.40. The van der Waals surface area contributed by atoms with Crippen LogP contribution in [0.5, 0.6) is 5.75 Å². The number of likely N-dealkylation sites (N-methyl/N-ethyl adjacent to an activating group) is 1. The number of rotatable bonds is 6. The molecule has 0 saturated heterocycles. The second kappa shape index (κ2) is 7.35. The molecule has 130 valence electrons. The van der Waals surface area contributed by atoms with Gasteiger partial charge >= 0.3 is 5.76 Å². The fourth-order valence-corrected chi connectivity index (χ4v) is 3.14. The number of nitrogens with zero attached hydrogens (tertiary/aromatic N) is 3. The molecule has 0 N–H and O–H groups in total. The average molecular weight is 359 g/mol. The Morgan fingerprint density at radius 1 is 1.32 bits per heavy atom. The first-order valence-electron chi connectivity index (χ1n) is 7.56. The maximum Gasteiger partial charge on any atom is 0.442 e. The molecule has 8 heteroatoms. The number of methoxy groups -OCH3 is 1. The molecule has 1 aromatic carbocycles. The van der Waals surface area contributed by atoms with Crippen LogP contribution in [0.2, 0.25) is 0 Å². The third-order valence-corrected chi connectivity index (χ3v) is 4.61. The molecule has 1 amide bonds.